The number of anilines is 1. The molecule has 1 aliphatic rings. The van der Waals surface area contributed by atoms with Crippen molar-refractivity contribution in [2.45, 2.75) is 19.4 Å². The summed E-state index contributed by atoms with van der Waals surface area (Å²) in [6.45, 7) is 2.43. The normalized spacial score (nSPS) is 19.7. The Balaban J connectivity index is 1.85. The summed E-state index contributed by atoms with van der Waals surface area (Å²) in [6, 6.07) is 5.16. The summed E-state index contributed by atoms with van der Waals surface area (Å²) >= 11 is 0. The van der Waals surface area contributed by atoms with E-state index in [9.17, 15) is 22.4 Å². The number of amides is 2. The Morgan fingerprint density at radius 2 is 1.92 bits per heavy atom. The molecule has 1 fully saturated rings. The van der Waals surface area contributed by atoms with Gasteiger partial charge in [-0.15, -0.1) is 0 Å². The zero-order valence-electron chi connectivity index (χ0n) is 15.0. The van der Waals surface area contributed by atoms with Crippen molar-refractivity contribution in [2.75, 3.05) is 43.5 Å². The molecule has 2 amide bonds. The monoisotopic (exact) mass is 386 g/mol. The molecule has 2 atom stereocenters. The molecule has 2 N–H and O–H groups in total. The van der Waals surface area contributed by atoms with Gasteiger partial charge in [0, 0.05) is 18.3 Å². The summed E-state index contributed by atoms with van der Waals surface area (Å²) in [5, 5.41) is 2.65. The SMILES string of the molecule is CCN(C(=O)C[NH+](C)CC(=O)Nc1ccc(F)cc1)[C@H]1CCS(=O)(=O)C1. The van der Waals surface area contributed by atoms with Crippen LogP contribution in [0.25, 0.3) is 0 Å². The summed E-state index contributed by atoms with van der Waals surface area (Å²) in [5.41, 5.74) is 0.488. The lowest BCUT2D eigenvalue weighted by Gasteiger charge is -2.27. The van der Waals surface area contributed by atoms with Gasteiger partial charge in [-0.2, -0.15) is 0 Å². The van der Waals surface area contributed by atoms with Crippen molar-refractivity contribution in [1.29, 1.82) is 0 Å². The Labute approximate surface area is 153 Å². The molecule has 1 aliphatic heterocycles. The highest BCUT2D eigenvalue weighted by atomic mass is 32.2. The van der Waals surface area contributed by atoms with Crippen LogP contribution in [0.3, 0.4) is 0 Å². The second kappa shape index (κ2) is 8.59. The van der Waals surface area contributed by atoms with Crippen LogP contribution in [-0.2, 0) is 19.4 Å². The quantitative estimate of drug-likeness (QED) is 0.650. The highest BCUT2D eigenvalue weighted by molar-refractivity contribution is 7.91. The van der Waals surface area contributed by atoms with Gasteiger partial charge in [0.2, 0.25) is 0 Å². The Kier molecular flexibility index (Phi) is 6.71. The van der Waals surface area contributed by atoms with Crippen LogP contribution < -0.4 is 10.2 Å². The fraction of sp³-hybridized carbons (Fsp3) is 0.529. The average molecular weight is 386 g/mol. The highest BCUT2D eigenvalue weighted by Gasteiger charge is 2.34. The van der Waals surface area contributed by atoms with Gasteiger partial charge in [0.05, 0.1) is 18.6 Å². The second-order valence-corrected chi connectivity index (χ2v) is 8.83. The van der Waals surface area contributed by atoms with E-state index in [1.807, 2.05) is 6.92 Å². The molecule has 0 bridgehead atoms. The van der Waals surface area contributed by atoms with Crippen molar-refractivity contribution in [1.82, 2.24) is 4.90 Å². The average Bonchev–Trinajstić information content (AvgIpc) is 2.89. The van der Waals surface area contributed by atoms with E-state index in [0.29, 0.717) is 23.6 Å². The number of hydrogen-bond donors (Lipinski definition) is 2. The fourth-order valence-corrected chi connectivity index (χ4v) is 4.82. The summed E-state index contributed by atoms with van der Waals surface area (Å²) < 4.78 is 36.1. The van der Waals surface area contributed by atoms with E-state index in [1.54, 1.807) is 11.9 Å². The predicted octanol–water partition coefficient (Wildman–Crippen LogP) is -0.685. The number of sulfone groups is 1. The Hall–Kier alpha value is -2.00. The number of carbonyl (C=O) groups excluding carboxylic acids is 2. The number of nitrogens with zero attached hydrogens (tertiary/aromatic N) is 1. The van der Waals surface area contributed by atoms with Gasteiger partial charge < -0.3 is 15.1 Å². The lowest BCUT2D eigenvalue weighted by molar-refractivity contribution is -0.862. The molecule has 1 heterocycles. The lowest BCUT2D eigenvalue weighted by atomic mass is 10.2. The number of hydrogen-bond acceptors (Lipinski definition) is 4. The van der Waals surface area contributed by atoms with Crippen LogP contribution in [0, 0.1) is 5.82 Å². The third kappa shape index (κ3) is 5.77. The first-order chi connectivity index (χ1) is 12.2. The molecule has 0 aromatic heterocycles. The predicted molar refractivity (Wildman–Crippen MR) is 96.1 cm³/mol. The van der Waals surface area contributed by atoms with Gasteiger partial charge >= 0.3 is 0 Å². The number of likely N-dealkylation sites (N-methyl/N-ethyl adjacent to an activating group) is 2. The minimum absolute atomic E-state index is 0.0106. The van der Waals surface area contributed by atoms with E-state index in [4.69, 9.17) is 0 Å². The largest absolute Gasteiger partial charge is 0.334 e. The number of quaternary nitrogens is 1. The molecular weight excluding hydrogens is 361 g/mol. The number of rotatable bonds is 7. The molecule has 1 aromatic rings. The molecule has 0 saturated carbocycles. The smallest absolute Gasteiger partial charge is 0.279 e. The minimum Gasteiger partial charge on any atom is -0.334 e. The third-order valence-electron chi connectivity index (χ3n) is 4.35. The number of nitrogens with one attached hydrogen (secondary N) is 2. The number of carbonyl (C=O) groups is 2. The second-order valence-electron chi connectivity index (χ2n) is 6.60. The molecule has 0 spiro atoms. The van der Waals surface area contributed by atoms with Gasteiger partial charge in [-0.3, -0.25) is 9.59 Å². The molecule has 144 valence electrons. The van der Waals surface area contributed by atoms with Gasteiger partial charge in [-0.1, -0.05) is 0 Å². The van der Waals surface area contributed by atoms with Gasteiger partial charge in [0.1, 0.15) is 5.82 Å². The van der Waals surface area contributed by atoms with Crippen LogP contribution in [0.15, 0.2) is 24.3 Å². The van der Waals surface area contributed by atoms with Crippen LogP contribution in [0.5, 0.6) is 0 Å². The highest BCUT2D eigenvalue weighted by Crippen LogP contribution is 2.17. The standard InChI is InChI=1S/C17H24FN3O4S/c1-3-21(15-8-9-26(24,25)12-15)17(23)11-20(2)10-16(22)19-14-6-4-13(18)5-7-14/h4-7,15H,3,8-12H2,1-2H3,(H,19,22)/p+1/t15-/m0/s1. The van der Waals surface area contributed by atoms with Crippen molar-refractivity contribution in [2.24, 2.45) is 0 Å². The zero-order chi connectivity index (χ0) is 19.3. The van der Waals surface area contributed by atoms with Crippen LogP contribution in [-0.4, -0.2) is 69.4 Å². The Bertz CT molecular complexity index is 752. The molecule has 26 heavy (non-hydrogen) atoms. The van der Waals surface area contributed by atoms with Gasteiger partial charge in [0.25, 0.3) is 11.8 Å². The Morgan fingerprint density at radius 3 is 2.46 bits per heavy atom. The van der Waals surface area contributed by atoms with Crippen molar-refractivity contribution in [3.8, 4) is 0 Å². The van der Waals surface area contributed by atoms with Gasteiger partial charge in [-0.05, 0) is 37.6 Å². The molecule has 1 saturated heterocycles. The maximum absolute atomic E-state index is 12.9. The van der Waals surface area contributed by atoms with E-state index < -0.39 is 9.84 Å². The van der Waals surface area contributed by atoms with E-state index in [-0.39, 0.29) is 48.3 Å². The molecule has 2 rings (SSSR count). The van der Waals surface area contributed by atoms with Gasteiger partial charge in [-0.25, -0.2) is 12.8 Å². The van der Waals surface area contributed by atoms with E-state index in [0.717, 1.165) is 0 Å². The Morgan fingerprint density at radius 1 is 1.27 bits per heavy atom. The topological polar surface area (TPSA) is 88.0 Å². The molecule has 1 aromatic carbocycles. The van der Waals surface area contributed by atoms with Crippen LogP contribution in [0.1, 0.15) is 13.3 Å². The first-order valence-electron chi connectivity index (χ1n) is 8.57. The van der Waals surface area contributed by atoms with E-state index >= 15 is 0 Å². The van der Waals surface area contributed by atoms with Crippen molar-refractivity contribution in [3.05, 3.63) is 30.1 Å². The molecule has 0 radical (unpaired) electrons. The number of halogens is 1. The molecule has 0 aliphatic carbocycles. The molecular formula is C17H25FN3O4S+. The summed E-state index contributed by atoms with van der Waals surface area (Å²) in [7, 11) is -1.34. The molecule has 1 unspecified atom stereocenters. The minimum atomic E-state index is -3.06. The van der Waals surface area contributed by atoms with Crippen LogP contribution >= 0.6 is 0 Å². The first kappa shape index (κ1) is 20.3. The summed E-state index contributed by atoms with van der Waals surface area (Å²) in [5.74, 6) is -0.707. The fourth-order valence-electron chi connectivity index (χ4n) is 3.09. The zero-order valence-corrected chi connectivity index (χ0v) is 15.8. The van der Waals surface area contributed by atoms with E-state index in [1.165, 1.54) is 24.3 Å². The molecule has 9 heteroatoms. The maximum atomic E-state index is 12.9. The molecule has 7 nitrogen and oxygen atoms in total. The maximum Gasteiger partial charge on any atom is 0.279 e. The van der Waals surface area contributed by atoms with Crippen molar-refractivity contribution < 1.29 is 27.3 Å². The first-order valence-corrected chi connectivity index (χ1v) is 10.4. The third-order valence-corrected chi connectivity index (χ3v) is 6.10. The number of benzene rings is 1. The van der Waals surface area contributed by atoms with Crippen LogP contribution in [0.4, 0.5) is 10.1 Å². The van der Waals surface area contributed by atoms with Crippen molar-refractivity contribution in [3.63, 3.8) is 0 Å². The van der Waals surface area contributed by atoms with Crippen LogP contribution in [0.2, 0.25) is 0 Å². The summed E-state index contributed by atoms with van der Waals surface area (Å²) in [6.07, 6.45) is 0.464. The lowest BCUT2D eigenvalue weighted by Crippen LogP contribution is -3.11. The summed E-state index contributed by atoms with van der Waals surface area (Å²) in [4.78, 5) is 26.8. The van der Waals surface area contributed by atoms with E-state index in [2.05, 4.69) is 5.32 Å². The van der Waals surface area contributed by atoms with Crippen molar-refractivity contribution >= 4 is 27.3 Å². The van der Waals surface area contributed by atoms with Gasteiger partial charge in [0.15, 0.2) is 22.9 Å².